The second kappa shape index (κ2) is 2.60. The van der Waals surface area contributed by atoms with Gasteiger partial charge in [0.2, 0.25) is 0 Å². The van der Waals surface area contributed by atoms with Crippen LogP contribution in [0.5, 0.6) is 0 Å². The van der Waals surface area contributed by atoms with Crippen molar-refractivity contribution in [1.29, 1.82) is 5.26 Å². The van der Waals surface area contributed by atoms with Crippen molar-refractivity contribution in [3.63, 3.8) is 0 Å². The van der Waals surface area contributed by atoms with Gasteiger partial charge in [0, 0.05) is 24.2 Å². The lowest BCUT2D eigenvalue weighted by Crippen LogP contribution is -2.04. The SMILES string of the molecule is N#CCC1(c2cccnc2)CC1. The van der Waals surface area contributed by atoms with Crippen LogP contribution in [0.15, 0.2) is 24.5 Å². The first-order valence-electron chi connectivity index (χ1n) is 4.15. The van der Waals surface area contributed by atoms with Gasteiger partial charge in [-0.05, 0) is 24.5 Å². The molecule has 1 fully saturated rings. The maximum atomic E-state index is 8.63. The molecule has 2 heteroatoms. The molecule has 1 heterocycles. The van der Waals surface area contributed by atoms with Crippen LogP contribution in [0.25, 0.3) is 0 Å². The maximum Gasteiger partial charge on any atom is 0.0631 e. The summed E-state index contributed by atoms with van der Waals surface area (Å²) in [7, 11) is 0. The second-order valence-corrected chi connectivity index (χ2v) is 3.36. The molecule has 0 aliphatic heterocycles. The molecule has 1 aliphatic rings. The highest BCUT2D eigenvalue weighted by Gasteiger charge is 2.44. The molecule has 1 aromatic rings. The average Bonchev–Trinajstić information content (AvgIpc) is 2.88. The van der Waals surface area contributed by atoms with Crippen molar-refractivity contribution in [2.24, 2.45) is 0 Å². The number of nitriles is 1. The molecule has 0 saturated heterocycles. The maximum absolute atomic E-state index is 8.63. The van der Waals surface area contributed by atoms with Crippen molar-refractivity contribution < 1.29 is 0 Å². The van der Waals surface area contributed by atoms with Crippen LogP contribution in [-0.2, 0) is 5.41 Å². The molecule has 1 aliphatic carbocycles. The molecule has 60 valence electrons. The topological polar surface area (TPSA) is 36.7 Å². The molecule has 0 unspecified atom stereocenters. The zero-order chi connectivity index (χ0) is 8.44. The van der Waals surface area contributed by atoms with Gasteiger partial charge in [-0.2, -0.15) is 5.26 Å². The zero-order valence-corrected chi connectivity index (χ0v) is 6.83. The van der Waals surface area contributed by atoms with Crippen molar-refractivity contribution in [2.75, 3.05) is 0 Å². The molecule has 2 nitrogen and oxygen atoms in total. The fourth-order valence-electron chi connectivity index (χ4n) is 1.55. The quantitative estimate of drug-likeness (QED) is 0.660. The molecule has 12 heavy (non-hydrogen) atoms. The molecule has 0 amide bonds. The van der Waals surface area contributed by atoms with Crippen molar-refractivity contribution in [3.8, 4) is 6.07 Å². The molecule has 1 aromatic heterocycles. The molecule has 0 atom stereocenters. The van der Waals surface area contributed by atoms with Gasteiger partial charge >= 0.3 is 0 Å². The highest BCUT2D eigenvalue weighted by molar-refractivity contribution is 5.29. The van der Waals surface area contributed by atoms with Gasteiger partial charge in [0.1, 0.15) is 0 Å². The van der Waals surface area contributed by atoms with Crippen LogP contribution >= 0.6 is 0 Å². The largest absolute Gasteiger partial charge is 0.264 e. The smallest absolute Gasteiger partial charge is 0.0631 e. The van der Waals surface area contributed by atoms with Crippen LogP contribution in [0.2, 0.25) is 0 Å². The van der Waals surface area contributed by atoms with Crippen LogP contribution in [-0.4, -0.2) is 4.98 Å². The van der Waals surface area contributed by atoms with Crippen LogP contribution in [0, 0.1) is 11.3 Å². The van der Waals surface area contributed by atoms with Gasteiger partial charge in [0.15, 0.2) is 0 Å². The van der Waals surface area contributed by atoms with E-state index in [0.717, 1.165) is 12.8 Å². The van der Waals surface area contributed by atoms with E-state index in [4.69, 9.17) is 5.26 Å². The van der Waals surface area contributed by atoms with Gasteiger partial charge in [-0.15, -0.1) is 0 Å². The molecule has 0 N–H and O–H groups in total. The Morgan fingerprint density at radius 3 is 2.92 bits per heavy atom. The summed E-state index contributed by atoms with van der Waals surface area (Å²) in [6.45, 7) is 0. The third kappa shape index (κ3) is 1.08. The number of hydrogen-bond donors (Lipinski definition) is 0. The summed E-state index contributed by atoms with van der Waals surface area (Å²) in [6.07, 6.45) is 6.58. The minimum Gasteiger partial charge on any atom is -0.264 e. The first kappa shape index (κ1) is 7.30. The summed E-state index contributed by atoms with van der Waals surface area (Å²) in [5.74, 6) is 0. The summed E-state index contributed by atoms with van der Waals surface area (Å²) in [5.41, 5.74) is 1.40. The number of nitrogens with zero attached hydrogens (tertiary/aromatic N) is 2. The number of hydrogen-bond acceptors (Lipinski definition) is 2. The summed E-state index contributed by atoms with van der Waals surface area (Å²) >= 11 is 0. The Balaban J connectivity index is 2.26. The lowest BCUT2D eigenvalue weighted by Gasteiger charge is -2.09. The van der Waals surface area contributed by atoms with E-state index < -0.39 is 0 Å². The molecule has 2 rings (SSSR count). The summed E-state index contributed by atoms with van der Waals surface area (Å²) < 4.78 is 0. The average molecular weight is 158 g/mol. The van der Waals surface area contributed by atoms with Gasteiger partial charge in [0.25, 0.3) is 0 Å². The van der Waals surface area contributed by atoms with Crippen molar-refractivity contribution >= 4 is 0 Å². The Morgan fingerprint density at radius 1 is 1.58 bits per heavy atom. The zero-order valence-electron chi connectivity index (χ0n) is 6.83. The predicted molar refractivity (Wildman–Crippen MR) is 45.4 cm³/mol. The summed E-state index contributed by atoms with van der Waals surface area (Å²) in [5, 5.41) is 8.63. The molecule has 0 radical (unpaired) electrons. The van der Waals surface area contributed by atoms with E-state index in [9.17, 15) is 0 Å². The summed E-state index contributed by atoms with van der Waals surface area (Å²) in [6, 6.07) is 6.25. The Bertz CT molecular complexity index is 306. The monoisotopic (exact) mass is 158 g/mol. The molecule has 0 aromatic carbocycles. The van der Waals surface area contributed by atoms with E-state index in [0.29, 0.717) is 6.42 Å². The lowest BCUT2D eigenvalue weighted by molar-refractivity contribution is 0.710. The first-order valence-corrected chi connectivity index (χ1v) is 4.15. The Hall–Kier alpha value is -1.36. The van der Waals surface area contributed by atoms with E-state index in [1.807, 2.05) is 12.3 Å². The van der Waals surface area contributed by atoms with Gasteiger partial charge in [-0.3, -0.25) is 4.98 Å². The molecule has 0 bridgehead atoms. The van der Waals surface area contributed by atoms with Gasteiger partial charge in [0.05, 0.1) is 6.07 Å². The Labute approximate surface area is 71.9 Å². The fourth-order valence-corrected chi connectivity index (χ4v) is 1.55. The van der Waals surface area contributed by atoms with E-state index in [1.165, 1.54) is 5.56 Å². The first-order chi connectivity index (χ1) is 5.87. The third-order valence-electron chi connectivity index (χ3n) is 2.54. The lowest BCUT2D eigenvalue weighted by atomic mass is 9.95. The standard InChI is InChI=1S/C10H10N2/c11-6-5-10(3-4-10)9-2-1-7-12-8-9/h1-2,7-8H,3-5H2. The van der Waals surface area contributed by atoms with E-state index >= 15 is 0 Å². The highest BCUT2D eigenvalue weighted by atomic mass is 14.6. The van der Waals surface area contributed by atoms with Crippen LogP contribution in [0.1, 0.15) is 24.8 Å². The Morgan fingerprint density at radius 2 is 2.42 bits per heavy atom. The minimum absolute atomic E-state index is 0.170. The molecular formula is C10H10N2. The van der Waals surface area contributed by atoms with Gasteiger partial charge in [-0.1, -0.05) is 6.07 Å². The van der Waals surface area contributed by atoms with Crippen LogP contribution < -0.4 is 0 Å². The second-order valence-electron chi connectivity index (χ2n) is 3.36. The molecular weight excluding hydrogens is 148 g/mol. The van der Waals surface area contributed by atoms with Crippen molar-refractivity contribution in [1.82, 2.24) is 4.98 Å². The summed E-state index contributed by atoms with van der Waals surface area (Å²) in [4.78, 5) is 4.06. The Kier molecular flexibility index (Phi) is 1.58. The normalized spacial score (nSPS) is 18.2. The highest BCUT2D eigenvalue weighted by Crippen LogP contribution is 2.50. The van der Waals surface area contributed by atoms with E-state index in [-0.39, 0.29) is 5.41 Å². The number of aromatic nitrogens is 1. The van der Waals surface area contributed by atoms with E-state index in [1.54, 1.807) is 6.20 Å². The van der Waals surface area contributed by atoms with Gasteiger partial charge in [-0.25, -0.2) is 0 Å². The van der Waals surface area contributed by atoms with Crippen molar-refractivity contribution in [3.05, 3.63) is 30.1 Å². The van der Waals surface area contributed by atoms with Crippen molar-refractivity contribution in [2.45, 2.75) is 24.7 Å². The number of rotatable bonds is 2. The van der Waals surface area contributed by atoms with Crippen LogP contribution in [0.4, 0.5) is 0 Å². The van der Waals surface area contributed by atoms with Crippen LogP contribution in [0.3, 0.4) is 0 Å². The third-order valence-corrected chi connectivity index (χ3v) is 2.54. The minimum atomic E-state index is 0.170. The van der Waals surface area contributed by atoms with Gasteiger partial charge < -0.3 is 0 Å². The number of pyridine rings is 1. The van der Waals surface area contributed by atoms with E-state index in [2.05, 4.69) is 17.1 Å². The predicted octanol–water partition coefficient (Wildman–Crippen LogP) is 2.03. The fraction of sp³-hybridized carbons (Fsp3) is 0.400. The molecule has 1 saturated carbocycles. The molecule has 0 spiro atoms.